The van der Waals surface area contributed by atoms with Crippen LogP contribution < -0.4 is 108 Å². The molecule has 0 atom stereocenters. The minimum absolute atomic E-state index is 0.00348. The van der Waals surface area contributed by atoms with Crippen molar-refractivity contribution in [1.29, 1.82) is 0 Å². The zero-order chi connectivity index (χ0) is 52.1. The van der Waals surface area contributed by atoms with E-state index in [0.29, 0.717) is 105 Å². The van der Waals surface area contributed by atoms with Crippen molar-refractivity contribution in [2.75, 3.05) is 4.90 Å². The van der Waals surface area contributed by atoms with Gasteiger partial charge in [-0.15, -0.1) is 10.9 Å². The average molecular weight is 882 g/mol. The van der Waals surface area contributed by atoms with Crippen LogP contribution in [0.3, 0.4) is 0 Å². The molecule has 8 aromatic carbocycles. The number of anilines is 3. The summed E-state index contributed by atoms with van der Waals surface area (Å²) in [5.74, 6) is 0.437. The number of furan rings is 1. The van der Waals surface area contributed by atoms with Gasteiger partial charge in [-0.2, -0.15) is 0 Å². The SMILES string of the molecule is [B]c1cc([B])c2c(c1)C1(c3cc([B])cc([B])c3-c3c([B])cc([B])cc31)c1c(cc([B])c(N(c3c([B])cc4c(c3[B])-c3c([B])c([B])c([B])c([B])c3C4(C)C)c3c([B])cc4c(oc5c([B])cc([B])cc54)c3[B])c1[B])O2. The molecule has 3 nitrogen and oxygen atoms in total. The second kappa shape index (κ2) is 15.9. The zero-order valence-electron chi connectivity index (χ0n) is 39.5. The first-order valence-electron chi connectivity index (χ1n) is 22.8. The van der Waals surface area contributed by atoms with Crippen LogP contribution in [0.4, 0.5) is 17.1 Å². The van der Waals surface area contributed by atoms with Crippen LogP contribution in [0.25, 0.3) is 44.2 Å². The molecule has 0 bridgehead atoms. The molecule has 2 aliphatic carbocycles. The first-order valence-corrected chi connectivity index (χ1v) is 22.8. The first kappa shape index (κ1) is 48.3. The molecule has 0 unspecified atom stereocenters. The highest BCUT2D eigenvalue weighted by Gasteiger charge is 2.54. The fourth-order valence-electron chi connectivity index (χ4n) is 12.2. The molecule has 0 N–H and O–H groups in total. The average Bonchev–Trinajstić information content (AvgIpc) is 3.89. The molecule has 12 rings (SSSR count). The Morgan fingerprint density at radius 2 is 0.849 bits per heavy atom. The van der Waals surface area contributed by atoms with E-state index in [2.05, 4.69) is 0 Å². The third-order valence-electron chi connectivity index (χ3n) is 15.1. The van der Waals surface area contributed by atoms with Crippen LogP contribution in [0.1, 0.15) is 47.2 Å². The van der Waals surface area contributed by atoms with Crippen molar-refractivity contribution in [3.63, 3.8) is 0 Å². The molecule has 1 aromatic heterocycles. The topological polar surface area (TPSA) is 25.6 Å². The molecule has 3 aliphatic rings. The van der Waals surface area contributed by atoms with Crippen molar-refractivity contribution in [1.82, 2.24) is 0 Å². The van der Waals surface area contributed by atoms with Gasteiger partial charge in [0, 0.05) is 44.4 Å². The van der Waals surface area contributed by atoms with Gasteiger partial charge in [0.2, 0.25) is 0 Å². The van der Waals surface area contributed by atoms with E-state index in [1.165, 1.54) is 0 Å². The maximum atomic E-state index is 7.89. The fourth-order valence-corrected chi connectivity index (χ4v) is 12.2. The van der Waals surface area contributed by atoms with Crippen LogP contribution in [-0.2, 0) is 10.8 Å². The van der Waals surface area contributed by atoms with Gasteiger partial charge in [-0.25, -0.2) is 0 Å². The Labute approximate surface area is 448 Å². The third-order valence-corrected chi connectivity index (χ3v) is 15.1. The number of ether oxygens (including phenoxy) is 1. The lowest BCUT2D eigenvalue weighted by molar-refractivity contribution is 0.442. The fraction of sp³-hybridized carbons (Fsp3) is 0.0769. The van der Waals surface area contributed by atoms with Gasteiger partial charge in [0.1, 0.15) is 164 Å². The molecular weight excluding hydrogens is 865 g/mol. The molecule has 0 fully saturated rings. The Bertz CT molecular complexity index is 4050. The van der Waals surface area contributed by atoms with Crippen LogP contribution in [-0.4, -0.2) is 141 Å². The Kier molecular flexibility index (Phi) is 10.5. The van der Waals surface area contributed by atoms with Crippen molar-refractivity contribution in [3.8, 4) is 33.8 Å². The van der Waals surface area contributed by atoms with Gasteiger partial charge >= 0.3 is 0 Å². The summed E-state index contributed by atoms with van der Waals surface area (Å²) in [5.41, 5.74) is 7.02. The molecule has 296 valence electrons. The van der Waals surface area contributed by atoms with Crippen LogP contribution in [0.2, 0.25) is 0 Å². The van der Waals surface area contributed by atoms with Gasteiger partial charge in [-0.1, -0.05) is 156 Å². The number of rotatable bonds is 3. The number of fused-ring (bicyclic) bond motifs is 15. The van der Waals surface area contributed by atoms with Crippen LogP contribution in [0.5, 0.6) is 11.5 Å². The van der Waals surface area contributed by atoms with Gasteiger partial charge in [0.05, 0.1) is 5.41 Å². The van der Waals surface area contributed by atoms with Gasteiger partial charge < -0.3 is 14.1 Å². The predicted octanol–water partition coefficient (Wildman–Crippen LogP) is -7.88. The predicted molar refractivity (Wildman–Crippen MR) is 320 cm³/mol. The summed E-state index contributed by atoms with van der Waals surface area (Å²) in [7, 11) is 125. The Balaban J connectivity index is 1.27. The van der Waals surface area contributed by atoms with Crippen molar-refractivity contribution in [2.45, 2.75) is 24.7 Å². The molecule has 0 amide bonds. The van der Waals surface area contributed by atoms with E-state index in [4.69, 9.17) is 150 Å². The van der Waals surface area contributed by atoms with Crippen molar-refractivity contribution in [3.05, 3.63) is 100 Å². The van der Waals surface area contributed by atoms with Gasteiger partial charge in [0.25, 0.3) is 0 Å². The van der Waals surface area contributed by atoms with Crippen LogP contribution in [0, 0.1) is 0 Å². The molecule has 21 heteroatoms. The smallest absolute Gasteiger partial charge is 0.131 e. The summed E-state index contributed by atoms with van der Waals surface area (Å²) in [4.78, 5) is 1.60. The largest absolute Gasteiger partial charge is 0.457 e. The molecular formula is C52H17B18NO2. The van der Waals surface area contributed by atoms with E-state index in [-0.39, 0.29) is 99.7 Å². The molecule has 73 heavy (non-hydrogen) atoms. The van der Waals surface area contributed by atoms with E-state index in [1.807, 2.05) is 13.8 Å². The Morgan fingerprint density at radius 1 is 0.356 bits per heavy atom. The lowest BCUT2D eigenvalue weighted by Crippen LogP contribution is -2.51. The van der Waals surface area contributed by atoms with Gasteiger partial charge in [-0.3, -0.25) is 0 Å². The highest BCUT2D eigenvalue weighted by atomic mass is 16.5. The maximum Gasteiger partial charge on any atom is 0.131 e. The van der Waals surface area contributed by atoms with Crippen molar-refractivity contribution < 1.29 is 9.15 Å². The minimum Gasteiger partial charge on any atom is -0.457 e. The van der Waals surface area contributed by atoms with E-state index < -0.39 is 10.8 Å². The molecule has 0 saturated carbocycles. The van der Waals surface area contributed by atoms with Crippen LogP contribution in [0.15, 0.2) is 71.1 Å². The standard InChI is InChI=1S/C52H17B18NO2/c1-51(2)20-12-27(60)45(39(65)34(20)35-37(51)40(66)43(69)42(68)38(35)64)71(47-26(59)11-19-18-3-14(53)9-29(62)48(18)73-49(19)44(47)70)46-28(61)13-31-36(41(46)67)52(23-6-17(56)10-30(63)50(23)72-31)21-4-15(54)7-24(57)32(21)33-22(52)5-16(55)8-25(33)58/h3-13H,1-2H3. The van der Waals surface area contributed by atoms with E-state index in [1.54, 1.807) is 71.6 Å². The summed E-state index contributed by atoms with van der Waals surface area (Å²) in [6.45, 7) is 3.91. The number of hydrogen-bond donors (Lipinski definition) is 0. The van der Waals surface area contributed by atoms with Crippen molar-refractivity contribution >= 4 is 279 Å². The molecule has 36 radical (unpaired) electrons. The summed E-state index contributed by atoms with van der Waals surface area (Å²) in [5, 5.41) is 1.06. The molecule has 1 spiro atoms. The second-order valence-electron chi connectivity index (χ2n) is 19.7. The monoisotopic (exact) mass is 885 g/mol. The number of nitrogens with zero attached hydrogens (tertiary/aromatic N) is 1. The second-order valence-corrected chi connectivity index (χ2v) is 19.7. The number of benzene rings is 8. The molecule has 1 aliphatic heterocycles. The number of hydrogen-bond acceptors (Lipinski definition) is 3. The minimum atomic E-state index is -1.54. The molecule has 2 heterocycles. The van der Waals surface area contributed by atoms with E-state index in [0.717, 1.165) is 0 Å². The third kappa shape index (κ3) is 6.20. The van der Waals surface area contributed by atoms with Gasteiger partial charge in [0.15, 0.2) is 0 Å². The Hall–Kier alpha value is -5.67. The first-order chi connectivity index (χ1) is 34.4. The van der Waals surface area contributed by atoms with E-state index in [9.17, 15) is 0 Å². The highest BCUT2D eigenvalue weighted by Crippen LogP contribution is 2.60. The maximum absolute atomic E-state index is 7.89. The molecule has 9 aromatic rings. The summed E-state index contributed by atoms with van der Waals surface area (Å²) < 4.78 is 13.3. The summed E-state index contributed by atoms with van der Waals surface area (Å²) in [6.07, 6.45) is 0. The highest BCUT2D eigenvalue weighted by molar-refractivity contribution is 6.65. The van der Waals surface area contributed by atoms with Crippen molar-refractivity contribution in [2.24, 2.45) is 0 Å². The van der Waals surface area contributed by atoms with Gasteiger partial charge in [-0.05, 0) is 56.0 Å². The van der Waals surface area contributed by atoms with Crippen LogP contribution >= 0.6 is 0 Å². The molecule has 0 saturated heterocycles. The lowest BCUT2D eigenvalue weighted by atomic mass is 9.59. The quantitative estimate of drug-likeness (QED) is 0.165. The Morgan fingerprint density at radius 3 is 1.48 bits per heavy atom. The summed E-state index contributed by atoms with van der Waals surface area (Å²) in [6, 6.07) is 18.6. The normalized spacial score (nSPS) is 14.1. The summed E-state index contributed by atoms with van der Waals surface area (Å²) >= 11 is 0. The van der Waals surface area contributed by atoms with E-state index >= 15 is 0 Å². The zero-order valence-corrected chi connectivity index (χ0v) is 39.5. The lowest BCUT2D eigenvalue weighted by Gasteiger charge is -2.44.